The van der Waals surface area contributed by atoms with Gasteiger partial charge in [-0.15, -0.1) is 4.40 Å². The lowest BCUT2D eigenvalue weighted by atomic mass is 10.2. The molecule has 1 saturated heterocycles. The molecule has 0 amide bonds. The molecule has 0 bridgehead atoms. The van der Waals surface area contributed by atoms with E-state index in [1.165, 1.54) is 11.8 Å². The number of hydrogen-bond acceptors (Lipinski definition) is 4. The molecule has 1 aliphatic rings. The molecule has 1 fully saturated rings. The van der Waals surface area contributed by atoms with Crippen LogP contribution in [0.4, 0.5) is 5.69 Å². The lowest BCUT2D eigenvalue weighted by Crippen LogP contribution is -2.43. The van der Waals surface area contributed by atoms with Crippen LogP contribution in [0.25, 0.3) is 0 Å². The van der Waals surface area contributed by atoms with E-state index in [1.54, 1.807) is 29.2 Å². The fraction of sp³-hybridized carbons (Fsp3) is 0.0667. The molecule has 3 rings (SSSR count). The molecule has 22 heavy (non-hydrogen) atoms. The first-order chi connectivity index (χ1) is 10.5. The van der Waals surface area contributed by atoms with Crippen molar-refractivity contribution < 1.29 is 8.42 Å². The smallest absolute Gasteiger partial charge is 0.273 e. The predicted octanol–water partition coefficient (Wildman–Crippen LogP) is 3.58. The third-order valence-corrected chi connectivity index (χ3v) is 5.73. The second kappa shape index (κ2) is 5.83. The van der Waals surface area contributed by atoms with E-state index in [1.807, 2.05) is 37.3 Å². The third-order valence-electron chi connectivity index (χ3n) is 3.08. The van der Waals surface area contributed by atoms with Gasteiger partial charge < -0.3 is 0 Å². The van der Waals surface area contributed by atoms with Gasteiger partial charge in [-0.1, -0.05) is 48.1 Å². The number of benzene rings is 2. The van der Waals surface area contributed by atoms with Crippen molar-refractivity contribution in [2.45, 2.75) is 11.8 Å². The van der Waals surface area contributed by atoms with Crippen molar-refractivity contribution in [1.29, 1.82) is 0 Å². The van der Waals surface area contributed by atoms with Gasteiger partial charge >= 0.3 is 0 Å². The van der Waals surface area contributed by atoms with Crippen molar-refractivity contribution >= 4 is 49.2 Å². The molecule has 0 saturated carbocycles. The van der Waals surface area contributed by atoms with E-state index in [0.717, 1.165) is 11.3 Å². The highest BCUT2D eigenvalue weighted by Gasteiger charge is 2.33. The van der Waals surface area contributed by atoms with Crippen LogP contribution in [-0.4, -0.2) is 17.9 Å². The quantitative estimate of drug-likeness (QED) is 0.794. The number of nitrogens with zero attached hydrogens (tertiary/aromatic N) is 2. The first kappa shape index (κ1) is 15.2. The second-order valence-corrected chi connectivity index (χ2v) is 7.91. The minimum atomic E-state index is -3.74. The highest BCUT2D eigenvalue weighted by molar-refractivity contribution is 8.37. The molecule has 0 unspecified atom stereocenters. The monoisotopic (exact) mass is 348 g/mol. The standard InChI is InChI=1S/C15H12N2O2S3/c1-11-7-9-13(10-8-11)22(18,19)16-14-17(15(20)21-14)12-5-3-2-4-6-12/h2-10H,1H3. The topological polar surface area (TPSA) is 49.7 Å². The Morgan fingerprint density at radius 1 is 1.05 bits per heavy atom. The van der Waals surface area contributed by atoms with E-state index in [9.17, 15) is 8.42 Å². The molecule has 0 radical (unpaired) electrons. The van der Waals surface area contributed by atoms with E-state index >= 15 is 0 Å². The summed E-state index contributed by atoms with van der Waals surface area (Å²) in [6.07, 6.45) is 0. The number of sulfonamides is 1. The molecule has 7 heteroatoms. The van der Waals surface area contributed by atoms with Crippen LogP contribution < -0.4 is 4.90 Å². The van der Waals surface area contributed by atoms with E-state index in [0.29, 0.717) is 9.49 Å². The van der Waals surface area contributed by atoms with Crippen molar-refractivity contribution in [3.63, 3.8) is 0 Å². The summed E-state index contributed by atoms with van der Waals surface area (Å²) in [6.45, 7) is 1.90. The summed E-state index contributed by atoms with van der Waals surface area (Å²) in [4.78, 5) is 1.84. The molecule has 0 atom stereocenters. The Bertz CT molecular complexity index is 844. The zero-order valence-corrected chi connectivity index (χ0v) is 14.1. The van der Waals surface area contributed by atoms with E-state index in [-0.39, 0.29) is 4.90 Å². The third kappa shape index (κ3) is 2.92. The summed E-state index contributed by atoms with van der Waals surface area (Å²) < 4.78 is 29.2. The molecule has 2 aromatic carbocycles. The van der Waals surface area contributed by atoms with E-state index < -0.39 is 10.0 Å². The number of rotatable bonds is 3. The van der Waals surface area contributed by atoms with E-state index in [2.05, 4.69) is 4.40 Å². The SMILES string of the molecule is Cc1ccc(S(=O)(=O)N=C2SC(=S)N2c2ccccc2)cc1. The molecular formula is C15H12N2O2S3. The van der Waals surface area contributed by atoms with E-state index in [4.69, 9.17) is 12.2 Å². The Balaban J connectivity index is 1.94. The predicted molar refractivity (Wildman–Crippen MR) is 94.9 cm³/mol. The Morgan fingerprint density at radius 2 is 1.68 bits per heavy atom. The minimum absolute atomic E-state index is 0.178. The van der Waals surface area contributed by atoms with Crippen molar-refractivity contribution in [2.24, 2.45) is 4.40 Å². The molecule has 0 N–H and O–H groups in total. The number of aryl methyl sites for hydroxylation is 1. The van der Waals surface area contributed by atoms with Gasteiger partial charge in [0.1, 0.15) is 0 Å². The average molecular weight is 348 g/mol. The Kier molecular flexibility index (Phi) is 4.03. The van der Waals surface area contributed by atoms with Gasteiger partial charge in [0, 0.05) is 5.69 Å². The van der Waals surface area contributed by atoms with Crippen LogP contribution in [0.15, 0.2) is 63.9 Å². The van der Waals surface area contributed by atoms with Crippen LogP contribution in [0.2, 0.25) is 0 Å². The number of thioether (sulfide) groups is 1. The first-order valence-corrected chi connectivity index (χ1v) is 9.12. The van der Waals surface area contributed by atoms with Crippen molar-refractivity contribution in [3.05, 3.63) is 60.2 Å². The van der Waals surface area contributed by atoms with Crippen LogP contribution in [-0.2, 0) is 10.0 Å². The van der Waals surface area contributed by atoms with Crippen molar-refractivity contribution in [2.75, 3.05) is 4.90 Å². The second-order valence-electron chi connectivity index (χ2n) is 4.70. The fourth-order valence-electron chi connectivity index (χ4n) is 1.93. The summed E-state index contributed by atoms with van der Waals surface area (Å²) >= 11 is 6.38. The minimum Gasteiger partial charge on any atom is -0.273 e. The van der Waals surface area contributed by atoms with Crippen molar-refractivity contribution in [1.82, 2.24) is 0 Å². The molecule has 1 aliphatic heterocycles. The van der Waals surface area contributed by atoms with Crippen LogP contribution >= 0.6 is 24.0 Å². The normalized spacial score (nSPS) is 16.7. The Hall–Kier alpha value is -1.70. The van der Waals surface area contributed by atoms with Gasteiger partial charge in [0.15, 0.2) is 9.49 Å². The largest absolute Gasteiger partial charge is 0.284 e. The molecule has 1 heterocycles. The maximum Gasteiger partial charge on any atom is 0.284 e. The molecule has 0 spiro atoms. The Morgan fingerprint density at radius 3 is 2.27 bits per heavy atom. The maximum atomic E-state index is 12.4. The highest BCUT2D eigenvalue weighted by atomic mass is 32.2. The molecule has 2 aromatic rings. The van der Waals surface area contributed by atoms with Crippen LogP contribution in [0.1, 0.15) is 5.56 Å². The summed E-state index contributed by atoms with van der Waals surface area (Å²) in [5, 5.41) is 0.372. The molecule has 112 valence electrons. The molecular weight excluding hydrogens is 336 g/mol. The lowest BCUT2D eigenvalue weighted by Gasteiger charge is -2.33. The summed E-state index contributed by atoms with van der Waals surface area (Å²) in [6, 6.07) is 16.0. The Labute approximate surface area is 138 Å². The van der Waals surface area contributed by atoms with Crippen LogP contribution in [0.3, 0.4) is 0 Å². The van der Waals surface area contributed by atoms with Gasteiger partial charge in [-0.05, 0) is 43.0 Å². The van der Waals surface area contributed by atoms with Crippen molar-refractivity contribution in [3.8, 4) is 0 Å². The maximum absolute atomic E-state index is 12.4. The van der Waals surface area contributed by atoms with Crippen LogP contribution in [0.5, 0.6) is 0 Å². The number of thiocarbonyl (C=S) groups is 1. The van der Waals surface area contributed by atoms with Gasteiger partial charge in [-0.2, -0.15) is 8.42 Å². The fourth-order valence-corrected chi connectivity index (χ4v) is 4.31. The summed E-state index contributed by atoms with van der Waals surface area (Å²) in [7, 11) is -3.74. The summed E-state index contributed by atoms with van der Waals surface area (Å²) in [5.41, 5.74) is 1.81. The number of anilines is 1. The van der Waals surface area contributed by atoms with Gasteiger partial charge in [-0.25, -0.2) is 0 Å². The molecule has 0 aromatic heterocycles. The van der Waals surface area contributed by atoms with Gasteiger partial charge in [0.25, 0.3) is 10.0 Å². The van der Waals surface area contributed by atoms with Gasteiger partial charge in [0.05, 0.1) is 4.90 Å². The zero-order valence-electron chi connectivity index (χ0n) is 11.6. The first-order valence-electron chi connectivity index (χ1n) is 6.46. The van der Waals surface area contributed by atoms with Crippen LogP contribution in [0, 0.1) is 6.92 Å². The number of hydrogen-bond donors (Lipinski definition) is 0. The highest BCUT2D eigenvalue weighted by Crippen LogP contribution is 2.34. The van der Waals surface area contributed by atoms with Gasteiger partial charge in [-0.3, -0.25) is 4.90 Å². The number of amidine groups is 1. The molecule has 4 nitrogen and oxygen atoms in total. The average Bonchev–Trinajstić information content (AvgIpc) is 2.48. The molecule has 0 aliphatic carbocycles. The summed E-state index contributed by atoms with van der Waals surface area (Å²) in [5.74, 6) is 0. The zero-order chi connectivity index (χ0) is 15.7. The number of para-hydroxylation sites is 1. The lowest BCUT2D eigenvalue weighted by molar-refractivity contribution is 0.598. The van der Waals surface area contributed by atoms with Gasteiger partial charge in [0.2, 0.25) is 0 Å².